The molecule has 0 saturated heterocycles. The van der Waals surface area contributed by atoms with E-state index < -0.39 is 0 Å². The molecule has 0 spiro atoms. The number of benzene rings is 2. The minimum absolute atomic E-state index is 0.0423. The van der Waals surface area contributed by atoms with Gasteiger partial charge in [-0.2, -0.15) is 0 Å². The second-order valence-electron chi connectivity index (χ2n) is 9.29. The lowest BCUT2D eigenvalue weighted by molar-refractivity contribution is -0.115. The molecule has 0 atom stereocenters. The fourth-order valence-electron chi connectivity index (χ4n) is 5.07. The second-order valence-corrected chi connectivity index (χ2v) is 10.5. The maximum atomic E-state index is 12.9. The third-order valence-electron chi connectivity index (χ3n) is 6.80. The maximum Gasteiger partial charge on any atom is 0.229 e. The van der Waals surface area contributed by atoms with Crippen LogP contribution in [-0.4, -0.2) is 15.9 Å². The van der Waals surface area contributed by atoms with Crippen LogP contribution in [0.4, 0.5) is 11.5 Å². The van der Waals surface area contributed by atoms with Crippen LogP contribution < -0.4 is 11.1 Å². The van der Waals surface area contributed by atoms with Crippen LogP contribution in [-0.2, 0) is 30.5 Å². The highest BCUT2D eigenvalue weighted by Gasteiger charge is 2.24. The van der Waals surface area contributed by atoms with E-state index in [0.29, 0.717) is 18.2 Å². The van der Waals surface area contributed by atoms with Crippen LogP contribution in [0.2, 0.25) is 0 Å². The number of hydrogen-bond acceptors (Lipinski definition) is 4. The number of amides is 1. The Morgan fingerprint density at radius 2 is 1.82 bits per heavy atom. The molecule has 33 heavy (non-hydrogen) atoms. The summed E-state index contributed by atoms with van der Waals surface area (Å²) < 4.78 is 1.16. The van der Waals surface area contributed by atoms with Gasteiger partial charge in [0, 0.05) is 14.8 Å². The average molecular weight is 552 g/mol. The molecule has 1 fully saturated rings. The molecule has 2 aliphatic carbocycles. The van der Waals surface area contributed by atoms with E-state index in [2.05, 4.69) is 40.0 Å². The van der Waals surface area contributed by atoms with Crippen molar-refractivity contribution in [1.82, 2.24) is 9.97 Å². The summed E-state index contributed by atoms with van der Waals surface area (Å²) >= 11 is 2.28. The monoisotopic (exact) mass is 552 g/mol. The van der Waals surface area contributed by atoms with Gasteiger partial charge in [0.25, 0.3) is 0 Å². The van der Waals surface area contributed by atoms with Crippen molar-refractivity contribution in [2.75, 3.05) is 11.1 Å². The fourth-order valence-corrected chi connectivity index (χ4v) is 5.43. The Hall–Kier alpha value is -2.48. The van der Waals surface area contributed by atoms with E-state index >= 15 is 0 Å². The van der Waals surface area contributed by atoms with Gasteiger partial charge in [0.2, 0.25) is 5.91 Å². The van der Waals surface area contributed by atoms with Crippen LogP contribution in [0.3, 0.4) is 0 Å². The molecule has 170 valence electrons. The maximum absolute atomic E-state index is 12.9. The summed E-state index contributed by atoms with van der Waals surface area (Å²) in [7, 11) is 0. The van der Waals surface area contributed by atoms with Gasteiger partial charge in [0.05, 0.1) is 23.5 Å². The first kappa shape index (κ1) is 22.3. The molecule has 5 rings (SSSR count). The summed E-state index contributed by atoms with van der Waals surface area (Å²) in [6.07, 6.45) is 9.22. The average Bonchev–Trinajstić information content (AvgIpc) is 2.81. The number of nitrogens with one attached hydrogen (secondary N) is 1. The number of aryl methyl sites for hydroxylation is 2. The summed E-state index contributed by atoms with van der Waals surface area (Å²) in [5.74, 6) is 1.21. The van der Waals surface area contributed by atoms with Gasteiger partial charge in [-0.1, -0.05) is 50.3 Å². The van der Waals surface area contributed by atoms with Crippen molar-refractivity contribution < 1.29 is 4.79 Å². The van der Waals surface area contributed by atoms with Gasteiger partial charge in [-0.3, -0.25) is 4.79 Å². The molecule has 1 amide bonds. The first-order chi connectivity index (χ1) is 16.0. The zero-order valence-corrected chi connectivity index (χ0v) is 20.9. The Labute approximate surface area is 208 Å². The lowest BCUT2D eigenvalue weighted by Gasteiger charge is -2.24. The van der Waals surface area contributed by atoms with Crippen LogP contribution in [0.1, 0.15) is 54.6 Å². The predicted octanol–water partition coefficient (Wildman–Crippen LogP) is 5.73. The summed E-state index contributed by atoms with van der Waals surface area (Å²) in [6, 6.07) is 14.1. The molecule has 1 saturated carbocycles. The van der Waals surface area contributed by atoms with Gasteiger partial charge < -0.3 is 11.1 Å². The Bertz CT molecular complexity index is 1170. The van der Waals surface area contributed by atoms with Gasteiger partial charge in [0.1, 0.15) is 0 Å². The number of anilines is 2. The highest BCUT2D eigenvalue weighted by atomic mass is 127. The smallest absolute Gasteiger partial charge is 0.229 e. The molecule has 3 aromatic rings. The lowest BCUT2D eigenvalue weighted by atomic mass is 9.85. The molecule has 3 N–H and O–H groups in total. The molecule has 6 heteroatoms. The first-order valence-electron chi connectivity index (χ1n) is 11.9. The molecule has 2 aliphatic rings. The van der Waals surface area contributed by atoms with Crippen molar-refractivity contribution in [2.45, 2.75) is 57.8 Å². The molecule has 0 aliphatic heterocycles. The van der Waals surface area contributed by atoms with Gasteiger partial charge in [-0.05, 0) is 83.2 Å². The van der Waals surface area contributed by atoms with Crippen molar-refractivity contribution in [2.24, 2.45) is 5.92 Å². The van der Waals surface area contributed by atoms with Crippen molar-refractivity contribution in [3.05, 3.63) is 68.5 Å². The first-order valence-corrected chi connectivity index (χ1v) is 13.0. The number of carbonyl (C=O) groups excluding carboxylic acids is 1. The fraction of sp³-hybridized carbons (Fsp3) is 0.370. The lowest BCUT2D eigenvalue weighted by Crippen LogP contribution is -2.21. The van der Waals surface area contributed by atoms with Crippen LogP contribution in [0.5, 0.6) is 0 Å². The molecule has 2 aromatic carbocycles. The third kappa shape index (κ3) is 5.21. The number of aromatic nitrogens is 2. The Balaban J connectivity index is 1.46. The number of nitrogens with zero attached hydrogens (tertiary/aromatic N) is 2. The van der Waals surface area contributed by atoms with E-state index in [9.17, 15) is 4.79 Å². The third-order valence-corrected chi connectivity index (χ3v) is 7.52. The Kier molecular flexibility index (Phi) is 6.62. The topological polar surface area (TPSA) is 80.9 Å². The molecule has 0 radical (unpaired) electrons. The van der Waals surface area contributed by atoms with E-state index in [0.717, 1.165) is 56.7 Å². The van der Waals surface area contributed by atoms with Gasteiger partial charge in [-0.15, -0.1) is 0 Å². The van der Waals surface area contributed by atoms with Crippen LogP contribution in [0.15, 0.2) is 42.5 Å². The number of fused-ring (bicyclic) bond motifs is 3. The van der Waals surface area contributed by atoms with Crippen molar-refractivity contribution in [1.29, 1.82) is 0 Å². The van der Waals surface area contributed by atoms with Crippen LogP contribution in [0, 0.1) is 9.49 Å². The number of rotatable bonds is 5. The standard InChI is InChI=1S/C27H29IN4O/c28-20-9-6-18(7-10-20)15-25(33)32-27-24(14-17-4-2-1-3-5-17)30-26-22-12-11-21(29)16-19(22)8-13-23(26)31-27/h6-7,9-12,16-17H,1-5,8,13-15,29H2,(H,31,32,33). The van der Waals surface area contributed by atoms with Crippen LogP contribution in [0.25, 0.3) is 11.3 Å². The molecule has 0 unspecified atom stereocenters. The summed E-state index contributed by atoms with van der Waals surface area (Å²) in [6.45, 7) is 0. The quantitative estimate of drug-likeness (QED) is 0.313. The zero-order valence-electron chi connectivity index (χ0n) is 18.7. The molecule has 1 heterocycles. The number of halogens is 1. The largest absolute Gasteiger partial charge is 0.399 e. The van der Waals surface area contributed by atoms with Gasteiger partial charge in [0.15, 0.2) is 5.82 Å². The SMILES string of the molecule is Nc1ccc2c(c1)CCc1nc(NC(=O)Cc3ccc(I)cc3)c(CC3CCCCC3)nc1-2. The molecular formula is C27H29IN4O. The highest BCUT2D eigenvalue weighted by molar-refractivity contribution is 14.1. The predicted molar refractivity (Wildman–Crippen MR) is 141 cm³/mol. The summed E-state index contributed by atoms with van der Waals surface area (Å²) in [5.41, 5.74) is 13.0. The van der Waals surface area contributed by atoms with E-state index in [1.807, 2.05) is 30.3 Å². The number of nitrogen functional groups attached to an aromatic ring is 1. The van der Waals surface area contributed by atoms with Gasteiger partial charge in [-0.25, -0.2) is 9.97 Å². The minimum Gasteiger partial charge on any atom is -0.399 e. The number of carbonyl (C=O) groups is 1. The normalized spacial score (nSPS) is 15.5. The van der Waals surface area contributed by atoms with Crippen molar-refractivity contribution in [3.8, 4) is 11.3 Å². The Morgan fingerprint density at radius 3 is 2.61 bits per heavy atom. The summed E-state index contributed by atoms with van der Waals surface area (Å²) in [4.78, 5) is 23.0. The molecule has 0 bridgehead atoms. The van der Waals surface area contributed by atoms with E-state index in [1.54, 1.807) is 0 Å². The zero-order chi connectivity index (χ0) is 22.8. The van der Waals surface area contributed by atoms with E-state index in [4.69, 9.17) is 15.7 Å². The molecular weight excluding hydrogens is 523 g/mol. The van der Waals surface area contributed by atoms with Crippen molar-refractivity contribution >= 4 is 40.0 Å². The van der Waals surface area contributed by atoms with Gasteiger partial charge >= 0.3 is 0 Å². The Morgan fingerprint density at radius 1 is 1.03 bits per heavy atom. The minimum atomic E-state index is -0.0423. The summed E-state index contributed by atoms with van der Waals surface area (Å²) in [5, 5.41) is 3.11. The number of hydrogen-bond donors (Lipinski definition) is 2. The molecule has 1 aromatic heterocycles. The highest BCUT2D eigenvalue weighted by Crippen LogP contribution is 2.35. The second kappa shape index (κ2) is 9.79. The van der Waals surface area contributed by atoms with Crippen molar-refractivity contribution in [3.63, 3.8) is 0 Å². The van der Waals surface area contributed by atoms with E-state index in [1.165, 1.54) is 37.7 Å². The van der Waals surface area contributed by atoms with E-state index in [-0.39, 0.29) is 5.91 Å². The number of nitrogens with two attached hydrogens (primary N) is 1. The molecule has 5 nitrogen and oxygen atoms in total. The van der Waals surface area contributed by atoms with Crippen LogP contribution >= 0.6 is 22.6 Å².